The second-order valence-electron chi connectivity index (χ2n) is 6.72. The van der Waals surface area contributed by atoms with Crippen molar-refractivity contribution in [2.75, 3.05) is 11.9 Å². The molecule has 0 bridgehead atoms. The number of aromatic hydroxyl groups is 1. The number of hydrogen-bond donors (Lipinski definition) is 3. The first-order chi connectivity index (χ1) is 12.8. The Kier molecular flexibility index (Phi) is 4.97. The van der Waals surface area contributed by atoms with Gasteiger partial charge in [-0.3, -0.25) is 5.10 Å². The maximum absolute atomic E-state index is 9.80. The highest BCUT2D eigenvalue weighted by atomic mass is 16.5. The highest BCUT2D eigenvalue weighted by Crippen LogP contribution is 2.26. The Hall–Kier alpha value is -2.67. The number of para-hydroxylation sites is 1. The van der Waals surface area contributed by atoms with Crippen molar-refractivity contribution in [2.24, 2.45) is 0 Å². The summed E-state index contributed by atoms with van der Waals surface area (Å²) in [5.74, 6) is 1.19. The first kappa shape index (κ1) is 16.8. The van der Waals surface area contributed by atoms with E-state index in [0.717, 1.165) is 54.5 Å². The number of H-pyrrole nitrogens is 1. The van der Waals surface area contributed by atoms with Crippen molar-refractivity contribution in [1.29, 1.82) is 0 Å². The van der Waals surface area contributed by atoms with E-state index in [1.165, 1.54) is 0 Å². The van der Waals surface area contributed by atoms with Crippen LogP contribution in [0.1, 0.15) is 31.2 Å². The molecule has 0 saturated heterocycles. The van der Waals surface area contributed by atoms with Gasteiger partial charge in [-0.1, -0.05) is 18.2 Å². The van der Waals surface area contributed by atoms with Gasteiger partial charge in [0.25, 0.3) is 0 Å². The van der Waals surface area contributed by atoms with Crippen LogP contribution in [-0.4, -0.2) is 44.0 Å². The van der Waals surface area contributed by atoms with E-state index in [-0.39, 0.29) is 0 Å². The van der Waals surface area contributed by atoms with Crippen LogP contribution >= 0.6 is 0 Å². The number of rotatable bonds is 6. The summed E-state index contributed by atoms with van der Waals surface area (Å²) in [6, 6.07) is 7.83. The normalized spacial score (nSPS) is 20.3. The van der Waals surface area contributed by atoms with Crippen LogP contribution in [0.15, 0.2) is 36.8 Å². The van der Waals surface area contributed by atoms with Crippen LogP contribution in [0.4, 0.5) is 5.82 Å². The summed E-state index contributed by atoms with van der Waals surface area (Å²) < 4.78 is 6.02. The minimum absolute atomic E-state index is 0.290. The molecule has 2 heterocycles. The molecule has 2 aromatic heterocycles. The third-order valence-corrected chi connectivity index (χ3v) is 4.98. The molecule has 7 nitrogen and oxygen atoms in total. The molecule has 0 radical (unpaired) electrons. The van der Waals surface area contributed by atoms with E-state index in [1.54, 1.807) is 18.6 Å². The molecule has 1 fully saturated rings. The van der Waals surface area contributed by atoms with E-state index < -0.39 is 0 Å². The van der Waals surface area contributed by atoms with Crippen molar-refractivity contribution in [3.05, 3.63) is 42.4 Å². The van der Waals surface area contributed by atoms with Crippen molar-refractivity contribution in [1.82, 2.24) is 20.2 Å². The van der Waals surface area contributed by atoms with Gasteiger partial charge in [0, 0.05) is 6.04 Å². The van der Waals surface area contributed by atoms with Gasteiger partial charge >= 0.3 is 0 Å². The zero-order chi connectivity index (χ0) is 17.8. The summed E-state index contributed by atoms with van der Waals surface area (Å²) in [4.78, 5) is 8.51. The minimum atomic E-state index is 0.290. The van der Waals surface area contributed by atoms with Gasteiger partial charge in [-0.2, -0.15) is 5.10 Å². The predicted octanol–water partition coefficient (Wildman–Crippen LogP) is 3.04. The van der Waals surface area contributed by atoms with Crippen LogP contribution in [0.25, 0.3) is 11.0 Å². The average molecular weight is 353 g/mol. The number of phenolic OH excluding ortho intramolecular Hbond substituents is 1. The third-order valence-electron chi connectivity index (χ3n) is 4.98. The smallest absolute Gasteiger partial charge is 0.160 e. The van der Waals surface area contributed by atoms with E-state index in [4.69, 9.17) is 4.74 Å². The number of ether oxygens (including phenoxy) is 1. The Bertz CT molecular complexity index is 858. The number of benzene rings is 1. The fraction of sp³-hybridized carbons (Fsp3) is 0.421. The predicted molar refractivity (Wildman–Crippen MR) is 99.1 cm³/mol. The summed E-state index contributed by atoms with van der Waals surface area (Å²) in [5, 5.41) is 21.1. The van der Waals surface area contributed by atoms with Gasteiger partial charge in [0.05, 0.1) is 24.3 Å². The Morgan fingerprint density at radius 3 is 2.85 bits per heavy atom. The lowest BCUT2D eigenvalue weighted by Gasteiger charge is -2.29. The number of anilines is 1. The lowest BCUT2D eigenvalue weighted by atomic mass is 9.93. The highest BCUT2D eigenvalue weighted by molar-refractivity contribution is 5.85. The lowest BCUT2D eigenvalue weighted by molar-refractivity contribution is 0.0281. The maximum atomic E-state index is 9.80. The Morgan fingerprint density at radius 1 is 1.15 bits per heavy atom. The van der Waals surface area contributed by atoms with E-state index >= 15 is 0 Å². The van der Waals surface area contributed by atoms with Crippen molar-refractivity contribution < 1.29 is 9.84 Å². The summed E-state index contributed by atoms with van der Waals surface area (Å²) >= 11 is 0. The first-order valence-corrected chi connectivity index (χ1v) is 9.08. The fourth-order valence-electron chi connectivity index (χ4n) is 3.50. The summed E-state index contributed by atoms with van der Waals surface area (Å²) in [7, 11) is 0. The second kappa shape index (κ2) is 7.70. The Labute approximate surface area is 151 Å². The zero-order valence-corrected chi connectivity index (χ0v) is 14.6. The van der Waals surface area contributed by atoms with Gasteiger partial charge in [-0.05, 0) is 43.7 Å². The standard InChI is InChI=1S/C19H23N5O2/c25-17-4-2-1-3-13(17)9-10-26-15-7-5-14(6-8-15)23-18-16-11-22-24-19(16)21-12-20-18/h1-4,11-12,14-15,25H,5-10H2,(H2,20,21,22,23,24)/t14-,15-. The molecule has 4 rings (SSSR count). The van der Waals surface area contributed by atoms with Crippen LogP contribution in [0.5, 0.6) is 5.75 Å². The van der Waals surface area contributed by atoms with Crippen LogP contribution in [0.2, 0.25) is 0 Å². The second-order valence-corrected chi connectivity index (χ2v) is 6.72. The highest BCUT2D eigenvalue weighted by Gasteiger charge is 2.22. The van der Waals surface area contributed by atoms with Crippen molar-refractivity contribution >= 4 is 16.9 Å². The molecule has 0 spiro atoms. The summed E-state index contributed by atoms with van der Waals surface area (Å²) in [5.41, 5.74) is 1.69. The average Bonchev–Trinajstić information content (AvgIpc) is 3.15. The topological polar surface area (TPSA) is 96.0 Å². The number of hydrogen-bond acceptors (Lipinski definition) is 6. The largest absolute Gasteiger partial charge is 0.508 e. The number of aromatic amines is 1. The zero-order valence-electron chi connectivity index (χ0n) is 14.6. The number of nitrogens with one attached hydrogen (secondary N) is 2. The van der Waals surface area contributed by atoms with Crippen LogP contribution in [0.3, 0.4) is 0 Å². The molecular weight excluding hydrogens is 330 g/mol. The van der Waals surface area contributed by atoms with Gasteiger partial charge in [-0.25, -0.2) is 9.97 Å². The van der Waals surface area contributed by atoms with Crippen molar-refractivity contribution in [2.45, 2.75) is 44.2 Å². The molecule has 1 aliphatic rings. The van der Waals surface area contributed by atoms with Crippen LogP contribution < -0.4 is 5.32 Å². The molecule has 0 unspecified atom stereocenters. The fourth-order valence-corrected chi connectivity index (χ4v) is 3.50. The van der Waals surface area contributed by atoms with E-state index in [2.05, 4.69) is 25.5 Å². The SMILES string of the molecule is Oc1ccccc1CCO[C@H]1CC[C@H](Nc2ncnc3[nH]ncc23)CC1. The van der Waals surface area contributed by atoms with Crippen molar-refractivity contribution in [3.8, 4) is 5.75 Å². The monoisotopic (exact) mass is 353 g/mol. The Balaban J connectivity index is 1.24. The number of fused-ring (bicyclic) bond motifs is 1. The number of nitrogens with zero attached hydrogens (tertiary/aromatic N) is 3. The summed E-state index contributed by atoms with van der Waals surface area (Å²) in [6.45, 7) is 0.641. The molecule has 1 aliphatic carbocycles. The molecule has 7 heteroatoms. The molecule has 26 heavy (non-hydrogen) atoms. The van der Waals surface area contributed by atoms with Gasteiger partial charge < -0.3 is 15.2 Å². The summed E-state index contributed by atoms with van der Waals surface area (Å²) in [6.07, 6.45) is 8.48. The molecular formula is C19H23N5O2. The number of aromatic nitrogens is 4. The molecule has 3 N–H and O–H groups in total. The van der Waals surface area contributed by atoms with Crippen LogP contribution in [0, 0.1) is 0 Å². The molecule has 3 aromatic rings. The van der Waals surface area contributed by atoms with Gasteiger partial charge in [0.15, 0.2) is 5.65 Å². The Morgan fingerprint density at radius 2 is 2.00 bits per heavy atom. The van der Waals surface area contributed by atoms with E-state index in [1.807, 2.05) is 18.2 Å². The molecule has 1 saturated carbocycles. The number of phenols is 1. The molecule has 0 atom stereocenters. The van der Waals surface area contributed by atoms with E-state index in [9.17, 15) is 5.11 Å². The molecule has 136 valence electrons. The van der Waals surface area contributed by atoms with Gasteiger partial charge in [-0.15, -0.1) is 0 Å². The van der Waals surface area contributed by atoms with Crippen LogP contribution in [-0.2, 0) is 11.2 Å². The van der Waals surface area contributed by atoms with E-state index in [0.29, 0.717) is 24.5 Å². The van der Waals surface area contributed by atoms with Gasteiger partial charge in [0.1, 0.15) is 17.9 Å². The van der Waals surface area contributed by atoms with Gasteiger partial charge in [0.2, 0.25) is 0 Å². The van der Waals surface area contributed by atoms with Crippen molar-refractivity contribution in [3.63, 3.8) is 0 Å². The molecule has 0 amide bonds. The third kappa shape index (κ3) is 3.77. The maximum Gasteiger partial charge on any atom is 0.160 e. The quantitative estimate of drug-likeness (QED) is 0.630. The minimum Gasteiger partial charge on any atom is -0.508 e. The lowest BCUT2D eigenvalue weighted by Crippen LogP contribution is -2.30. The first-order valence-electron chi connectivity index (χ1n) is 9.08. The molecule has 0 aliphatic heterocycles. The molecule has 1 aromatic carbocycles.